The quantitative estimate of drug-likeness (QED) is 0.158. The highest BCUT2D eigenvalue weighted by molar-refractivity contribution is 6.32. The average molecular weight is 632 g/mol. The summed E-state index contributed by atoms with van der Waals surface area (Å²) in [5, 5.41) is 13.3. The number of carbonyl (C=O) groups is 2. The van der Waals surface area contributed by atoms with Gasteiger partial charge in [-0.25, -0.2) is 9.78 Å². The zero-order chi connectivity index (χ0) is 32.6. The molecule has 236 valence electrons. The molecule has 0 aliphatic heterocycles. The van der Waals surface area contributed by atoms with Crippen LogP contribution in [0.3, 0.4) is 0 Å². The van der Waals surface area contributed by atoms with Crippen molar-refractivity contribution >= 4 is 23.5 Å². The maximum absolute atomic E-state index is 13.6. The van der Waals surface area contributed by atoms with Crippen LogP contribution in [-0.2, 0) is 11.2 Å². The van der Waals surface area contributed by atoms with Crippen molar-refractivity contribution in [1.29, 1.82) is 0 Å². The molecule has 0 bridgehead atoms. The van der Waals surface area contributed by atoms with Crippen LogP contribution in [0.15, 0.2) is 78.9 Å². The summed E-state index contributed by atoms with van der Waals surface area (Å²) in [6.45, 7) is 2.79. The van der Waals surface area contributed by atoms with Crippen LogP contribution in [0.5, 0.6) is 17.2 Å². The number of carboxylic acids is 1. The fourth-order valence-electron chi connectivity index (χ4n) is 4.94. The second kappa shape index (κ2) is 14.9. The van der Waals surface area contributed by atoms with Crippen molar-refractivity contribution in [1.82, 2.24) is 15.2 Å². The fraction of sp³-hybridized carbons (Fsp3) is 0.286. The Hall–Kier alpha value is -4.60. The second-order valence-corrected chi connectivity index (χ2v) is 11.4. The van der Waals surface area contributed by atoms with Gasteiger partial charge in [0.25, 0.3) is 5.91 Å². The topological polar surface area (TPSA) is 110 Å². The van der Waals surface area contributed by atoms with Crippen molar-refractivity contribution in [3.8, 4) is 39.6 Å². The number of carbonyl (C=O) groups excluding carboxylic acids is 1. The first-order valence-electron chi connectivity index (χ1n) is 14.5. The van der Waals surface area contributed by atoms with Crippen LogP contribution >= 0.6 is 11.6 Å². The van der Waals surface area contributed by atoms with Gasteiger partial charge in [-0.3, -0.25) is 4.79 Å². The molecular weight excluding hydrogens is 594 g/mol. The van der Waals surface area contributed by atoms with Crippen molar-refractivity contribution in [2.75, 3.05) is 41.5 Å². The van der Waals surface area contributed by atoms with Crippen LogP contribution in [0.1, 0.15) is 29.4 Å². The molecule has 1 heterocycles. The molecule has 0 aliphatic rings. The van der Waals surface area contributed by atoms with Gasteiger partial charge in [-0.05, 0) is 69.4 Å². The number of pyridine rings is 1. The van der Waals surface area contributed by atoms with Crippen molar-refractivity contribution in [2.24, 2.45) is 0 Å². The number of halogens is 1. The first kappa shape index (κ1) is 33.3. The summed E-state index contributed by atoms with van der Waals surface area (Å²) in [7, 11) is 7.12. The van der Waals surface area contributed by atoms with Gasteiger partial charge in [0, 0.05) is 24.1 Å². The van der Waals surface area contributed by atoms with Crippen LogP contribution in [0, 0.1) is 0 Å². The Kier molecular flexibility index (Phi) is 11.0. The van der Waals surface area contributed by atoms with Crippen LogP contribution in [0.25, 0.3) is 22.4 Å². The summed E-state index contributed by atoms with van der Waals surface area (Å²) < 4.78 is 17.4. The molecule has 2 N–H and O–H groups in total. The molecule has 1 atom stereocenters. The number of benzene rings is 3. The molecule has 0 saturated carbocycles. The number of aliphatic carboxylic acids is 1. The van der Waals surface area contributed by atoms with E-state index in [4.69, 9.17) is 30.8 Å². The number of carboxylic acid groups (broad SMARTS) is 1. The molecular formula is C35H38ClN3O6. The number of hydrogen-bond donors (Lipinski definition) is 2. The van der Waals surface area contributed by atoms with E-state index in [9.17, 15) is 14.7 Å². The molecule has 1 aromatic heterocycles. The number of amides is 1. The normalized spacial score (nSPS) is 12.3. The Bertz CT molecular complexity index is 1620. The molecule has 0 saturated heterocycles. The fourth-order valence-corrected chi connectivity index (χ4v) is 5.11. The van der Waals surface area contributed by atoms with E-state index in [1.807, 2.05) is 62.6 Å². The zero-order valence-electron chi connectivity index (χ0n) is 26.1. The van der Waals surface area contributed by atoms with Gasteiger partial charge < -0.3 is 29.5 Å². The number of nitrogens with zero attached hydrogens (tertiary/aromatic N) is 2. The second-order valence-electron chi connectivity index (χ2n) is 11.0. The Morgan fingerprint density at radius 3 is 2.24 bits per heavy atom. The third kappa shape index (κ3) is 8.12. The lowest BCUT2D eigenvalue weighted by Gasteiger charge is -2.26. The number of hydrogen-bond acceptors (Lipinski definition) is 7. The summed E-state index contributed by atoms with van der Waals surface area (Å²) in [5.41, 5.74) is 1.55. The highest BCUT2D eigenvalue weighted by Gasteiger charge is 2.36. The molecule has 10 heteroatoms. The molecule has 0 radical (unpaired) electrons. The van der Waals surface area contributed by atoms with Crippen LogP contribution < -0.4 is 19.5 Å². The summed E-state index contributed by atoms with van der Waals surface area (Å²) in [6.07, 6.45) is 0.889. The lowest BCUT2D eigenvalue weighted by atomic mass is 9.92. The standard InChI is InChI=1S/C35H38ClN3O6/c1-35(34(41)42,22-23-11-7-6-8-12-23)38-33(40)27-18-16-25(31-28(43-4)13-9-14-29(31)44-5)32(37-27)24-15-17-26(36)30(21-24)45-20-10-19-39(2)3/h6-9,11-18,21H,10,19-20,22H2,1-5H3,(H,38,40)(H,41,42). The lowest BCUT2D eigenvalue weighted by Crippen LogP contribution is -2.54. The average Bonchev–Trinajstić information content (AvgIpc) is 3.03. The summed E-state index contributed by atoms with van der Waals surface area (Å²) >= 11 is 6.51. The van der Waals surface area contributed by atoms with Gasteiger partial charge in [0.15, 0.2) is 0 Å². The molecule has 3 aromatic carbocycles. The van der Waals surface area contributed by atoms with E-state index >= 15 is 0 Å². The smallest absolute Gasteiger partial charge is 0.329 e. The van der Waals surface area contributed by atoms with Gasteiger partial charge in [0.05, 0.1) is 37.1 Å². The molecule has 0 fully saturated rings. The summed E-state index contributed by atoms with van der Waals surface area (Å²) in [6, 6.07) is 23.2. The van der Waals surface area contributed by atoms with Crippen molar-refractivity contribution in [2.45, 2.75) is 25.3 Å². The van der Waals surface area contributed by atoms with E-state index in [1.165, 1.54) is 6.92 Å². The summed E-state index contributed by atoms with van der Waals surface area (Å²) in [4.78, 5) is 32.9. The van der Waals surface area contributed by atoms with Gasteiger partial charge in [0.1, 0.15) is 28.5 Å². The largest absolute Gasteiger partial charge is 0.496 e. The molecule has 9 nitrogen and oxygen atoms in total. The van der Waals surface area contributed by atoms with E-state index in [2.05, 4.69) is 10.2 Å². The monoisotopic (exact) mass is 631 g/mol. The minimum absolute atomic E-state index is 0.0338. The number of methoxy groups -OCH3 is 2. The Balaban J connectivity index is 1.80. The lowest BCUT2D eigenvalue weighted by molar-refractivity contribution is -0.143. The highest BCUT2D eigenvalue weighted by atomic mass is 35.5. The van der Waals surface area contributed by atoms with Crippen LogP contribution in [0.2, 0.25) is 5.02 Å². The summed E-state index contributed by atoms with van der Waals surface area (Å²) in [5.74, 6) is -0.229. The van der Waals surface area contributed by atoms with Crippen LogP contribution in [-0.4, -0.2) is 73.9 Å². The molecule has 0 spiro atoms. The van der Waals surface area contributed by atoms with Gasteiger partial charge in [-0.1, -0.05) is 54.1 Å². The van der Waals surface area contributed by atoms with Crippen molar-refractivity contribution < 1.29 is 28.9 Å². The molecule has 0 aliphatic carbocycles. The maximum Gasteiger partial charge on any atom is 0.329 e. The Morgan fingerprint density at radius 1 is 0.933 bits per heavy atom. The van der Waals surface area contributed by atoms with E-state index in [0.717, 1.165) is 18.5 Å². The number of aromatic nitrogens is 1. The number of ether oxygens (including phenoxy) is 3. The third-order valence-electron chi connectivity index (χ3n) is 7.30. The predicted molar refractivity (Wildman–Crippen MR) is 176 cm³/mol. The van der Waals surface area contributed by atoms with Gasteiger partial charge in [-0.15, -0.1) is 0 Å². The minimum Gasteiger partial charge on any atom is -0.496 e. The van der Waals surface area contributed by atoms with Crippen molar-refractivity contribution in [3.63, 3.8) is 0 Å². The number of rotatable bonds is 14. The van der Waals surface area contributed by atoms with E-state index in [-0.39, 0.29) is 12.1 Å². The first-order valence-corrected chi connectivity index (χ1v) is 14.8. The van der Waals surface area contributed by atoms with Crippen LogP contribution in [0.4, 0.5) is 0 Å². The molecule has 1 unspecified atom stereocenters. The maximum atomic E-state index is 13.6. The SMILES string of the molecule is COc1cccc(OC)c1-c1ccc(C(=O)NC(C)(Cc2ccccc2)C(=O)O)nc1-c1ccc(Cl)c(OCCCN(C)C)c1. The molecule has 45 heavy (non-hydrogen) atoms. The molecule has 4 rings (SSSR count). The predicted octanol–water partition coefficient (Wildman–Crippen LogP) is 6.23. The van der Waals surface area contributed by atoms with E-state index < -0.39 is 17.4 Å². The molecule has 1 amide bonds. The Labute approximate surface area is 268 Å². The van der Waals surface area contributed by atoms with Gasteiger partial charge >= 0.3 is 5.97 Å². The van der Waals surface area contributed by atoms with Crippen molar-refractivity contribution in [3.05, 3.63) is 95.1 Å². The highest BCUT2D eigenvalue weighted by Crippen LogP contribution is 2.43. The minimum atomic E-state index is -1.58. The zero-order valence-corrected chi connectivity index (χ0v) is 26.9. The Morgan fingerprint density at radius 2 is 1.62 bits per heavy atom. The first-order chi connectivity index (χ1) is 21.6. The third-order valence-corrected chi connectivity index (χ3v) is 7.61. The van der Waals surface area contributed by atoms with Gasteiger partial charge in [-0.2, -0.15) is 0 Å². The molecule has 4 aromatic rings. The van der Waals surface area contributed by atoms with Gasteiger partial charge in [0.2, 0.25) is 0 Å². The van der Waals surface area contributed by atoms with E-state index in [1.54, 1.807) is 44.6 Å². The van der Waals surface area contributed by atoms with E-state index in [0.29, 0.717) is 51.3 Å². The number of nitrogens with one attached hydrogen (secondary N) is 1.